The van der Waals surface area contributed by atoms with Gasteiger partial charge in [-0.15, -0.1) is 0 Å². The van der Waals surface area contributed by atoms with E-state index < -0.39 is 30.3 Å². The highest BCUT2D eigenvalue weighted by Gasteiger charge is 2.36. The third-order valence-electron chi connectivity index (χ3n) is 3.76. The smallest absolute Gasteiger partial charge is 0.338 e. The Morgan fingerprint density at radius 3 is 2.04 bits per heavy atom. The van der Waals surface area contributed by atoms with Crippen LogP contribution in [0.15, 0.2) is 48.5 Å². The van der Waals surface area contributed by atoms with Gasteiger partial charge < -0.3 is 9.47 Å². The molecule has 0 unspecified atom stereocenters. The Morgan fingerprint density at radius 1 is 0.923 bits per heavy atom. The quantitative estimate of drug-likeness (QED) is 0.464. The van der Waals surface area contributed by atoms with E-state index in [1.807, 2.05) is 0 Å². The van der Waals surface area contributed by atoms with Crippen LogP contribution in [0, 0.1) is 0 Å². The van der Waals surface area contributed by atoms with Crippen molar-refractivity contribution < 1.29 is 28.7 Å². The minimum Gasteiger partial charge on any atom is -0.462 e. The van der Waals surface area contributed by atoms with Gasteiger partial charge in [0.15, 0.2) is 0 Å². The summed E-state index contributed by atoms with van der Waals surface area (Å²) in [6, 6.07) is 12.2. The number of hydrogen-bond acceptors (Lipinski definition) is 6. The van der Waals surface area contributed by atoms with Crippen molar-refractivity contribution in [1.29, 1.82) is 0 Å². The molecule has 132 valence electrons. The van der Waals surface area contributed by atoms with Crippen LogP contribution in [0.25, 0.3) is 0 Å². The molecule has 0 bridgehead atoms. The van der Waals surface area contributed by atoms with Crippen molar-refractivity contribution in [1.82, 2.24) is 4.90 Å². The van der Waals surface area contributed by atoms with Crippen LogP contribution in [-0.4, -0.2) is 41.8 Å². The molecule has 2 amide bonds. The van der Waals surface area contributed by atoms with E-state index in [1.165, 1.54) is 36.4 Å². The lowest BCUT2D eigenvalue weighted by Gasteiger charge is -2.13. The molecule has 0 N–H and O–H groups in total. The van der Waals surface area contributed by atoms with Crippen LogP contribution in [0.4, 0.5) is 0 Å². The lowest BCUT2D eigenvalue weighted by molar-refractivity contribution is -0.134. The van der Waals surface area contributed by atoms with Crippen LogP contribution in [0.5, 0.6) is 5.75 Å². The molecule has 0 aliphatic carbocycles. The number of esters is 2. The zero-order valence-corrected chi connectivity index (χ0v) is 13.9. The lowest BCUT2D eigenvalue weighted by atomic mass is 10.1. The fourth-order valence-corrected chi connectivity index (χ4v) is 2.55. The van der Waals surface area contributed by atoms with Crippen molar-refractivity contribution in [3.8, 4) is 5.75 Å². The van der Waals surface area contributed by atoms with Crippen molar-refractivity contribution in [2.75, 3.05) is 13.2 Å². The fourth-order valence-electron chi connectivity index (χ4n) is 2.55. The molecule has 3 rings (SSSR count). The fraction of sp³-hybridized carbons (Fsp3) is 0.158. The van der Waals surface area contributed by atoms with Gasteiger partial charge in [0.1, 0.15) is 12.3 Å². The van der Waals surface area contributed by atoms with Crippen LogP contribution in [0.1, 0.15) is 38.0 Å². The summed E-state index contributed by atoms with van der Waals surface area (Å²) in [5.74, 6) is -2.10. The first-order valence-electron chi connectivity index (χ1n) is 7.94. The maximum atomic E-state index is 12.2. The Hall–Kier alpha value is -3.48. The average Bonchev–Trinajstić information content (AvgIpc) is 2.88. The molecule has 0 fully saturated rings. The average molecular weight is 353 g/mol. The molecule has 1 aliphatic heterocycles. The zero-order valence-electron chi connectivity index (χ0n) is 13.9. The van der Waals surface area contributed by atoms with Gasteiger partial charge in [0.2, 0.25) is 0 Å². The number of fused-ring (bicyclic) bond motifs is 1. The molecule has 0 aromatic heterocycles. The monoisotopic (exact) mass is 353 g/mol. The van der Waals surface area contributed by atoms with E-state index in [1.54, 1.807) is 19.1 Å². The molecule has 2 aromatic rings. The van der Waals surface area contributed by atoms with Gasteiger partial charge in [0.25, 0.3) is 11.8 Å². The number of nitrogens with zero attached hydrogens (tertiary/aromatic N) is 1. The van der Waals surface area contributed by atoms with Gasteiger partial charge in [0, 0.05) is 0 Å². The maximum absolute atomic E-state index is 12.2. The third kappa shape index (κ3) is 3.32. The van der Waals surface area contributed by atoms with Gasteiger partial charge in [-0.25, -0.2) is 9.59 Å². The molecule has 7 nitrogen and oxygen atoms in total. The second-order valence-electron chi connectivity index (χ2n) is 5.46. The third-order valence-corrected chi connectivity index (χ3v) is 3.76. The molecule has 1 heterocycles. The minimum atomic E-state index is -0.761. The standard InChI is InChI=1S/C19H15NO6/c1-2-25-19(24)12-7-9-13(10-8-12)26-16(21)11-20-17(22)14-5-3-4-6-15(14)18(20)23/h3-10H,2,11H2,1H3. The number of carbonyl (C=O) groups excluding carboxylic acids is 4. The number of amides is 2. The van der Waals surface area contributed by atoms with Crippen LogP contribution in [0.2, 0.25) is 0 Å². The predicted molar refractivity (Wildman–Crippen MR) is 89.8 cm³/mol. The molecular weight excluding hydrogens is 338 g/mol. The van der Waals surface area contributed by atoms with E-state index in [0.29, 0.717) is 5.56 Å². The SMILES string of the molecule is CCOC(=O)c1ccc(OC(=O)CN2C(=O)c3ccccc3C2=O)cc1. The molecule has 0 radical (unpaired) electrons. The summed E-state index contributed by atoms with van der Waals surface area (Å²) in [5.41, 5.74) is 0.861. The molecule has 0 saturated carbocycles. The highest BCUT2D eigenvalue weighted by molar-refractivity contribution is 6.22. The normalized spacial score (nSPS) is 12.7. The Labute approximate surface area is 149 Å². The van der Waals surface area contributed by atoms with E-state index in [0.717, 1.165) is 4.90 Å². The van der Waals surface area contributed by atoms with E-state index in [4.69, 9.17) is 9.47 Å². The lowest BCUT2D eigenvalue weighted by Crippen LogP contribution is -2.36. The van der Waals surface area contributed by atoms with Crippen molar-refractivity contribution in [2.45, 2.75) is 6.92 Å². The minimum absolute atomic E-state index is 0.194. The number of carbonyl (C=O) groups is 4. The molecule has 7 heteroatoms. The summed E-state index contributed by atoms with van der Waals surface area (Å²) < 4.78 is 9.99. The topological polar surface area (TPSA) is 90.0 Å². The number of ether oxygens (including phenoxy) is 2. The van der Waals surface area contributed by atoms with Crippen LogP contribution < -0.4 is 4.74 Å². The van der Waals surface area contributed by atoms with Gasteiger partial charge in [-0.05, 0) is 43.3 Å². The molecule has 0 saturated heterocycles. The van der Waals surface area contributed by atoms with Crippen molar-refractivity contribution in [3.63, 3.8) is 0 Å². The Kier molecular flexibility index (Phi) is 4.79. The van der Waals surface area contributed by atoms with E-state index in [9.17, 15) is 19.2 Å². The molecule has 1 aliphatic rings. The summed E-state index contributed by atoms with van der Waals surface area (Å²) in [7, 11) is 0. The van der Waals surface area contributed by atoms with Crippen molar-refractivity contribution in [2.24, 2.45) is 0 Å². The summed E-state index contributed by atoms with van der Waals surface area (Å²) >= 11 is 0. The summed E-state index contributed by atoms with van der Waals surface area (Å²) in [6.45, 7) is 1.47. The second-order valence-corrected chi connectivity index (χ2v) is 5.46. The van der Waals surface area contributed by atoms with Crippen molar-refractivity contribution in [3.05, 3.63) is 65.2 Å². The number of imide groups is 1. The summed E-state index contributed by atoms with van der Waals surface area (Å²) in [5, 5.41) is 0. The van der Waals surface area contributed by atoms with E-state index in [2.05, 4.69) is 0 Å². The first-order valence-corrected chi connectivity index (χ1v) is 7.94. The Balaban J connectivity index is 1.64. The maximum Gasteiger partial charge on any atom is 0.338 e. The summed E-state index contributed by atoms with van der Waals surface area (Å²) in [4.78, 5) is 48.9. The highest BCUT2D eigenvalue weighted by atomic mass is 16.5. The van der Waals surface area contributed by atoms with Gasteiger partial charge in [-0.1, -0.05) is 12.1 Å². The largest absolute Gasteiger partial charge is 0.462 e. The number of hydrogen-bond donors (Lipinski definition) is 0. The van der Waals surface area contributed by atoms with Gasteiger partial charge in [0.05, 0.1) is 23.3 Å². The summed E-state index contributed by atoms with van der Waals surface area (Å²) in [6.07, 6.45) is 0. The molecule has 26 heavy (non-hydrogen) atoms. The zero-order chi connectivity index (χ0) is 18.7. The van der Waals surface area contributed by atoms with Crippen LogP contribution in [-0.2, 0) is 9.53 Å². The molecule has 0 atom stereocenters. The number of rotatable bonds is 5. The van der Waals surface area contributed by atoms with E-state index >= 15 is 0 Å². The first-order chi connectivity index (χ1) is 12.5. The van der Waals surface area contributed by atoms with Gasteiger partial charge >= 0.3 is 11.9 Å². The highest BCUT2D eigenvalue weighted by Crippen LogP contribution is 2.22. The van der Waals surface area contributed by atoms with Crippen molar-refractivity contribution >= 4 is 23.8 Å². The first kappa shape index (κ1) is 17.3. The van der Waals surface area contributed by atoms with Gasteiger partial charge in [-0.2, -0.15) is 0 Å². The Bertz CT molecular complexity index is 852. The molecule has 0 spiro atoms. The van der Waals surface area contributed by atoms with Crippen LogP contribution >= 0.6 is 0 Å². The van der Waals surface area contributed by atoms with Crippen LogP contribution in [0.3, 0.4) is 0 Å². The van der Waals surface area contributed by atoms with Gasteiger partial charge in [-0.3, -0.25) is 14.5 Å². The Morgan fingerprint density at radius 2 is 1.50 bits per heavy atom. The molecular formula is C19H15NO6. The molecule has 2 aromatic carbocycles. The second kappa shape index (κ2) is 7.18. The predicted octanol–water partition coefficient (Wildman–Crippen LogP) is 2.06. The number of benzene rings is 2. The van der Waals surface area contributed by atoms with E-state index in [-0.39, 0.29) is 23.5 Å².